The van der Waals surface area contributed by atoms with Gasteiger partial charge < -0.3 is 10.0 Å². The Labute approximate surface area is 98.6 Å². The molecule has 6 nitrogen and oxygen atoms in total. The molecule has 0 aliphatic carbocycles. The zero-order chi connectivity index (χ0) is 13.0. The Bertz CT molecular complexity index is 445. The van der Waals surface area contributed by atoms with Crippen molar-refractivity contribution in [2.45, 2.75) is 13.3 Å². The van der Waals surface area contributed by atoms with Crippen molar-refractivity contribution in [2.24, 2.45) is 0 Å². The van der Waals surface area contributed by atoms with Crippen LogP contribution >= 0.6 is 0 Å². The molecule has 0 aliphatic heterocycles. The summed E-state index contributed by atoms with van der Waals surface area (Å²) in [4.78, 5) is 22.4. The molecule has 1 rings (SSSR count). The monoisotopic (exact) mass is 238 g/mol. The van der Waals surface area contributed by atoms with Gasteiger partial charge in [0.1, 0.15) is 0 Å². The van der Waals surface area contributed by atoms with Crippen molar-refractivity contribution in [3.63, 3.8) is 0 Å². The van der Waals surface area contributed by atoms with Crippen LogP contribution in [0.3, 0.4) is 0 Å². The summed E-state index contributed by atoms with van der Waals surface area (Å²) in [5.74, 6) is -0.890. The molecular weight excluding hydrogens is 224 g/mol. The first-order valence-corrected chi connectivity index (χ1v) is 5.09. The average Bonchev–Trinajstić information content (AvgIpc) is 2.24. The molecule has 0 fully saturated rings. The van der Waals surface area contributed by atoms with Gasteiger partial charge in [-0.05, 0) is 18.6 Å². The average molecular weight is 238 g/mol. The van der Waals surface area contributed by atoms with E-state index in [0.717, 1.165) is 5.56 Å². The highest BCUT2D eigenvalue weighted by atomic mass is 16.6. The fraction of sp³-hybridized carbons (Fsp3) is 0.364. The van der Waals surface area contributed by atoms with Gasteiger partial charge >= 0.3 is 5.97 Å². The Balaban J connectivity index is 2.89. The number of benzene rings is 1. The van der Waals surface area contributed by atoms with Crippen LogP contribution in [0, 0.1) is 17.0 Å². The molecular formula is C11H14N2O4. The molecule has 0 aromatic heterocycles. The smallest absolute Gasteiger partial charge is 0.305 e. The second-order valence-corrected chi connectivity index (χ2v) is 3.85. The predicted octanol–water partition coefficient (Wildman–Crippen LogP) is 1.81. The minimum atomic E-state index is -0.890. The van der Waals surface area contributed by atoms with E-state index in [1.54, 1.807) is 24.9 Å². The van der Waals surface area contributed by atoms with E-state index in [2.05, 4.69) is 0 Å². The first kappa shape index (κ1) is 13.0. The summed E-state index contributed by atoms with van der Waals surface area (Å²) in [5, 5.41) is 19.3. The number of hydrogen-bond acceptors (Lipinski definition) is 4. The highest BCUT2D eigenvalue weighted by molar-refractivity contribution is 5.68. The zero-order valence-electron chi connectivity index (χ0n) is 9.71. The van der Waals surface area contributed by atoms with Crippen molar-refractivity contribution in [3.8, 4) is 0 Å². The summed E-state index contributed by atoms with van der Waals surface area (Å²) >= 11 is 0. The number of hydrogen-bond donors (Lipinski definition) is 1. The minimum absolute atomic E-state index is 0.00175. The quantitative estimate of drug-likeness (QED) is 0.624. The largest absolute Gasteiger partial charge is 0.481 e. The number of carboxylic acid groups (broad SMARTS) is 1. The van der Waals surface area contributed by atoms with Crippen molar-refractivity contribution in [1.29, 1.82) is 0 Å². The first-order chi connectivity index (χ1) is 7.90. The van der Waals surface area contributed by atoms with Crippen LogP contribution in [0.1, 0.15) is 12.0 Å². The molecule has 0 amide bonds. The van der Waals surface area contributed by atoms with Crippen LogP contribution in [-0.4, -0.2) is 29.6 Å². The van der Waals surface area contributed by atoms with Crippen LogP contribution in [-0.2, 0) is 4.79 Å². The molecule has 0 aliphatic rings. The number of carboxylic acids is 1. The van der Waals surface area contributed by atoms with Gasteiger partial charge in [0.2, 0.25) is 0 Å². The van der Waals surface area contributed by atoms with Crippen molar-refractivity contribution in [3.05, 3.63) is 33.9 Å². The Morgan fingerprint density at radius 2 is 2.12 bits per heavy atom. The summed E-state index contributed by atoms with van der Waals surface area (Å²) in [7, 11) is 1.71. The van der Waals surface area contributed by atoms with Gasteiger partial charge in [0.05, 0.1) is 11.3 Å². The van der Waals surface area contributed by atoms with Crippen molar-refractivity contribution in [2.75, 3.05) is 18.5 Å². The van der Waals surface area contributed by atoms with E-state index in [1.807, 2.05) is 0 Å². The second kappa shape index (κ2) is 5.29. The Hall–Kier alpha value is -2.11. The Morgan fingerprint density at radius 1 is 1.47 bits per heavy atom. The number of rotatable bonds is 5. The minimum Gasteiger partial charge on any atom is -0.481 e. The molecule has 0 saturated carbocycles. The number of non-ortho nitro benzene ring substituents is 1. The van der Waals surface area contributed by atoms with Gasteiger partial charge in [0.15, 0.2) is 0 Å². The molecule has 0 saturated heterocycles. The number of nitro benzene ring substituents is 1. The highest BCUT2D eigenvalue weighted by Gasteiger charge is 2.11. The van der Waals surface area contributed by atoms with E-state index in [0.29, 0.717) is 12.2 Å². The zero-order valence-corrected chi connectivity index (χ0v) is 9.71. The van der Waals surface area contributed by atoms with Crippen molar-refractivity contribution >= 4 is 17.3 Å². The normalized spacial score (nSPS) is 10.0. The lowest BCUT2D eigenvalue weighted by Crippen LogP contribution is -2.21. The fourth-order valence-corrected chi connectivity index (χ4v) is 1.46. The molecule has 0 heterocycles. The maximum absolute atomic E-state index is 10.7. The lowest BCUT2D eigenvalue weighted by atomic mass is 10.2. The fourth-order valence-electron chi connectivity index (χ4n) is 1.46. The van der Waals surface area contributed by atoms with E-state index < -0.39 is 10.9 Å². The standard InChI is InChI=1S/C11H14N2O4/c1-8-5-9(7-10(6-8)13(16)17)12(2)4-3-11(14)15/h5-7H,3-4H2,1-2H3,(H,14,15). The van der Waals surface area contributed by atoms with Gasteiger partial charge in [-0.15, -0.1) is 0 Å². The molecule has 1 aromatic rings. The molecule has 6 heteroatoms. The number of aryl methyl sites for hydroxylation is 1. The number of nitro groups is 1. The molecule has 0 radical (unpaired) electrons. The van der Waals surface area contributed by atoms with Gasteiger partial charge in [-0.25, -0.2) is 0 Å². The molecule has 0 unspecified atom stereocenters. The van der Waals surface area contributed by atoms with Gasteiger partial charge in [-0.1, -0.05) is 0 Å². The SMILES string of the molecule is Cc1cc(N(C)CCC(=O)O)cc([N+](=O)[O-])c1. The molecule has 0 atom stereocenters. The summed E-state index contributed by atoms with van der Waals surface area (Å²) in [6.45, 7) is 2.08. The van der Waals surface area contributed by atoms with E-state index >= 15 is 0 Å². The summed E-state index contributed by atoms with van der Waals surface area (Å²) < 4.78 is 0. The summed E-state index contributed by atoms with van der Waals surface area (Å²) in [5.41, 5.74) is 1.44. The second-order valence-electron chi connectivity index (χ2n) is 3.85. The van der Waals surface area contributed by atoms with Crippen LogP contribution < -0.4 is 4.90 Å². The number of anilines is 1. The Morgan fingerprint density at radius 3 is 2.65 bits per heavy atom. The lowest BCUT2D eigenvalue weighted by molar-refractivity contribution is -0.384. The number of aliphatic carboxylic acids is 1. The van der Waals surface area contributed by atoms with E-state index in [-0.39, 0.29) is 12.1 Å². The third-order valence-corrected chi connectivity index (χ3v) is 2.36. The third kappa shape index (κ3) is 3.75. The Kier molecular flexibility index (Phi) is 4.03. The van der Waals surface area contributed by atoms with Crippen LogP contribution in [0.15, 0.2) is 18.2 Å². The van der Waals surface area contributed by atoms with Gasteiger partial charge in [0.25, 0.3) is 5.69 Å². The highest BCUT2D eigenvalue weighted by Crippen LogP contribution is 2.22. The van der Waals surface area contributed by atoms with E-state index in [9.17, 15) is 14.9 Å². The van der Waals surface area contributed by atoms with E-state index in [4.69, 9.17) is 5.11 Å². The predicted molar refractivity (Wildman–Crippen MR) is 63.4 cm³/mol. The van der Waals surface area contributed by atoms with Gasteiger partial charge in [-0.3, -0.25) is 14.9 Å². The van der Waals surface area contributed by atoms with Crippen molar-refractivity contribution in [1.82, 2.24) is 0 Å². The van der Waals surface area contributed by atoms with Gasteiger partial charge in [0, 0.05) is 31.4 Å². The first-order valence-electron chi connectivity index (χ1n) is 5.09. The topological polar surface area (TPSA) is 83.7 Å². The molecule has 1 aromatic carbocycles. The van der Waals surface area contributed by atoms with Crippen LogP contribution in [0.25, 0.3) is 0 Å². The molecule has 0 spiro atoms. The maximum Gasteiger partial charge on any atom is 0.305 e. The number of nitrogens with zero attached hydrogens (tertiary/aromatic N) is 2. The van der Waals surface area contributed by atoms with Gasteiger partial charge in [-0.2, -0.15) is 0 Å². The third-order valence-electron chi connectivity index (χ3n) is 2.36. The van der Waals surface area contributed by atoms with Crippen LogP contribution in [0.2, 0.25) is 0 Å². The maximum atomic E-state index is 10.7. The molecule has 92 valence electrons. The molecule has 1 N–H and O–H groups in total. The van der Waals surface area contributed by atoms with E-state index in [1.165, 1.54) is 12.1 Å². The lowest BCUT2D eigenvalue weighted by Gasteiger charge is -2.18. The summed E-state index contributed by atoms with van der Waals surface area (Å²) in [6.07, 6.45) is -0.00175. The van der Waals surface area contributed by atoms with Crippen molar-refractivity contribution < 1.29 is 14.8 Å². The van der Waals surface area contributed by atoms with Crippen LogP contribution in [0.5, 0.6) is 0 Å². The molecule has 0 bridgehead atoms. The number of carbonyl (C=O) groups is 1. The van der Waals surface area contributed by atoms with Crippen LogP contribution in [0.4, 0.5) is 11.4 Å². The molecule has 17 heavy (non-hydrogen) atoms. The summed E-state index contributed by atoms with van der Waals surface area (Å²) in [6, 6.07) is 4.71.